The maximum atomic E-state index is 14.5. The van der Waals surface area contributed by atoms with E-state index >= 15 is 0 Å². The topological polar surface area (TPSA) is 79.7 Å². The number of aliphatic hydroxyl groups is 1. The van der Waals surface area contributed by atoms with Gasteiger partial charge in [0.25, 0.3) is 5.88 Å². The molecule has 2 heterocycles. The van der Waals surface area contributed by atoms with Crippen molar-refractivity contribution in [3.8, 4) is 5.88 Å². The van der Waals surface area contributed by atoms with Crippen LogP contribution in [0, 0.1) is 16.6 Å². The minimum Gasteiger partial charge on any atom is -0.475 e. The molecule has 0 spiro atoms. The van der Waals surface area contributed by atoms with Crippen molar-refractivity contribution >= 4 is 17.3 Å². The number of fused-ring (bicyclic) bond motifs is 3. The summed E-state index contributed by atoms with van der Waals surface area (Å²) in [5.41, 5.74) is 1.35. The first-order valence-corrected chi connectivity index (χ1v) is 12.4. The molecule has 2 aromatic rings. The van der Waals surface area contributed by atoms with Crippen molar-refractivity contribution in [2.45, 2.75) is 58.0 Å². The summed E-state index contributed by atoms with van der Waals surface area (Å²) >= 11 is 0. The maximum absolute atomic E-state index is 14.5. The predicted octanol–water partition coefficient (Wildman–Crippen LogP) is 4.69. The lowest BCUT2D eigenvalue weighted by atomic mass is 9.49. The first-order chi connectivity index (χ1) is 16.3. The zero-order valence-corrected chi connectivity index (χ0v) is 20.1. The SMILES string of the molecule is CC(C)(O)C12CCC(COc3nc(Nc4ccc(N5CCOCC5)cc4)ncc3F)(CC1)CC2. The molecule has 1 aliphatic heterocycles. The summed E-state index contributed by atoms with van der Waals surface area (Å²) in [6, 6.07) is 8.03. The summed E-state index contributed by atoms with van der Waals surface area (Å²) in [5.74, 6) is -0.259. The smallest absolute Gasteiger partial charge is 0.255 e. The largest absolute Gasteiger partial charge is 0.475 e. The summed E-state index contributed by atoms with van der Waals surface area (Å²) in [6.07, 6.45) is 7.09. The van der Waals surface area contributed by atoms with Crippen LogP contribution in [0.1, 0.15) is 52.4 Å². The molecule has 7 nitrogen and oxygen atoms in total. The van der Waals surface area contributed by atoms with E-state index in [1.165, 1.54) is 0 Å². The second-order valence-corrected chi connectivity index (χ2v) is 10.7. The van der Waals surface area contributed by atoms with Crippen molar-refractivity contribution < 1.29 is 19.0 Å². The number of rotatable bonds is 7. The maximum Gasteiger partial charge on any atom is 0.255 e. The third kappa shape index (κ3) is 4.58. The van der Waals surface area contributed by atoms with Gasteiger partial charge in [-0.1, -0.05) is 0 Å². The van der Waals surface area contributed by atoms with E-state index in [1.807, 2.05) is 38.1 Å². The standard InChI is InChI=1S/C26H35FN4O3/c1-24(2,32)26-10-7-25(8-11-26,9-12-26)18-34-22-21(27)17-28-23(30-22)29-19-3-5-20(6-4-19)31-13-15-33-16-14-31/h3-6,17,32H,7-16,18H2,1-2H3,(H,28,29,30). The molecule has 1 aromatic carbocycles. The minimum absolute atomic E-state index is 0.00331. The number of anilines is 3. The molecule has 3 aliphatic carbocycles. The van der Waals surface area contributed by atoms with Crippen LogP contribution in [0.25, 0.3) is 0 Å². The molecule has 34 heavy (non-hydrogen) atoms. The third-order valence-corrected chi connectivity index (χ3v) is 8.43. The second-order valence-electron chi connectivity index (χ2n) is 10.7. The van der Waals surface area contributed by atoms with Gasteiger partial charge in [0, 0.05) is 29.9 Å². The molecule has 4 fully saturated rings. The molecule has 184 valence electrons. The van der Waals surface area contributed by atoms with Crippen LogP contribution in [0.15, 0.2) is 30.5 Å². The molecule has 0 amide bonds. The fourth-order valence-electron chi connectivity index (χ4n) is 5.84. The van der Waals surface area contributed by atoms with E-state index in [0.717, 1.165) is 82.4 Å². The molecule has 6 rings (SSSR count). The first kappa shape index (κ1) is 23.3. The average Bonchev–Trinajstić information content (AvgIpc) is 2.86. The van der Waals surface area contributed by atoms with E-state index in [0.29, 0.717) is 12.6 Å². The molecule has 0 atom stereocenters. The van der Waals surface area contributed by atoms with Crippen LogP contribution < -0.4 is 15.0 Å². The Morgan fingerprint density at radius 3 is 2.35 bits per heavy atom. The normalized spacial score (nSPS) is 27.0. The predicted molar refractivity (Wildman–Crippen MR) is 129 cm³/mol. The van der Waals surface area contributed by atoms with Gasteiger partial charge in [0.1, 0.15) is 0 Å². The van der Waals surface area contributed by atoms with E-state index in [4.69, 9.17) is 9.47 Å². The lowest BCUT2D eigenvalue weighted by molar-refractivity contribution is -0.143. The van der Waals surface area contributed by atoms with Crippen LogP contribution in [0.5, 0.6) is 5.88 Å². The van der Waals surface area contributed by atoms with Crippen LogP contribution in [0.3, 0.4) is 0 Å². The molecule has 0 unspecified atom stereocenters. The number of nitrogens with zero attached hydrogens (tertiary/aromatic N) is 3. The second kappa shape index (κ2) is 8.96. The Morgan fingerprint density at radius 2 is 1.74 bits per heavy atom. The highest BCUT2D eigenvalue weighted by atomic mass is 19.1. The Bertz CT molecular complexity index is 978. The molecule has 0 radical (unpaired) electrons. The zero-order chi connectivity index (χ0) is 23.8. The van der Waals surface area contributed by atoms with Gasteiger partial charge in [-0.05, 0) is 82.1 Å². The van der Waals surface area contributed by atoms with Crippen molar-refractivity contribution in [3.05, 3.63) is 36.3 Å². The minimum atomic E-state index is -0.667. The molecule has 8 heteroatoms. The van der Waals surface area contributed by atoms with Gasteiger partial charge in [-0.2, -0.15) is 9.37 Å². The number of hydrogen-bond acceptors (Lipinski definition) is 7. The number of halogens is 1. The molecular formula is C26H35FN4O3. The van der Waals surface area contributed by atoms with Crippen LogP contribution in [0.2, 0.25) is 0 Å². The van der Waals surface area contributed by atoms with Gasteiger partial charge in [0.2, 0.25) is 11.8 Å². The third-order valence-electron chi connectivity index (χ3n) is 8.43. The number of hydrogen-bond donors (Lipinski definition) is 2. The highest BCUT2D eigenvalue weighted by Gasteiger charge is 2.54. The quantitative estimate of drug-likeness (QED) is 0.608. The van der Waals surface area contributed by atoms with Gasteiger partial charge in [-0.25, -0.2) is 4.98 Å². The van der Waals surface area contributed by atoms with Gasteiger partial charge < -0.3 is 24.8 Å². The summed E-state index contributed by atoms with van der Waals surface area (Å²) in [5, 5.41) is 13.8. The molecule has 1 aromatic heterocycles. The van der Waals surface area contributed by atoms with Crippen LogP contribution >= 0.6 is 0 Å². The van der Waals surface area contributed by atoms with Gasteiger partial charge in [0.05, 0.1) is 31.6 Å². The van der Waals surface area contributed by atoms with E-state index in [2.05, 4.69) is 20.2 Å². The van der Waals surface area contributed by atoms with Crippen molar-refractivity contribution in [1.29, 1.82) is 0 Å². The van der Waals surface area contributed by atoms with E-state index in [9.17, 15) is 9.50 Å². The Kier molecular flexibility index (Phi) is 6.14. The summed E-state index contributed by atoms with van der Waals surface area (Å²) < 4.78 is 25.8. The fourth-order valence-corrected chi connectivity index (χ4v) is 5.84. The lowest BCUT2D eigenvalue weighted by Crippen LogP contribution is -2.53. The van der Waals surface area contributed by atoms with Gasteiger partial charge in [0.15, 0.2) is 0 Å². The molecular weight excluding hydrogens is 435 g/mol. The molecule has 4 aliphatic rings. The Labute approximate surface area is 200 Å². The van der Waals surface area contributed by atoms with E-state index in [1.54, 1.807) is 0 Å². The summed E-state index contributed by atoms with van der Waals surface area (Å²) in [7, 11) is 0. The van der Waals surface area contributed by atoms with Crippen molar-refractivity contribution in [2.24, 2.45) is 10.8 Å². The van der Waals surface area contributed by atoms with E-state index in [-0.39, 0.29) is 16.7 Å². The number of morpholine rings is 1. The van der Waals surface area contributed by atoms with E-state index < -0.39 is 11.4 Å². The van der Waals surface area contributed by atoms with Crippen LogP contribution in [0.4, 0.5) is 21.7 Å². The zero-order valence-electron chi connectivity index (χ0n) is 20.1. The van der Waals surface area contributed by atoms with Gasteiger partial charge in [-0.3, -0.25) is 0 Å². The Hall–Kier alpha value is -2.45. The summed E-state index contributed by atoms with van der Waals surface area (Å²) in [6.45, 7) is 7.56. The number of nitrogens with one attached hydrogen (secondary N) is 1. The highest BCUT2D eigenvalue weighted by Crippen LogP contribution is 2.60. The molecule has 2 N–H and O–H groups in total. The molecule has 2 bridgehead atoms. The van der Waals surface area contributed by atoms with Gasteiger partial charge >= 0.3 is 0 Å². The number of aromatic nitrogens is 2. The highest BCUT2D eigenvalue weighted by molar-refractivity contribution is 5.59. The number of benzene rings is 1. The van der Waals surface area contributed by atoms with Crippen LogP contribution in [-0.2, 0) is 4.74 Å². The summed E-state index contributed by atoms with van der Waals surface area (Å²) in [4.78, 5) is 10.7. The van der Waals surface area contributed by atoms with Gasteiger partial charge in [-0.15, -0.1) is 0 Å². The Morgan fingerprint density at radius 1 is 1.09 bits per heavy atom. The van der Waals surface area contributed by atoms with Crippen molar-refractivity contribution in [1.82, 2.24) is 9.97 Å². The molecule has 1 saturated heterocycles. The average molecular weight is 471 g/mol. The lowest BCUT2D eigenvalue weighted by Gasteiger charge is -2.57. The van der Waals surface area contributed by atoms with Crippen molar-refractivity contribution in [3.63, 3.8) is 0 Å². The first-order valence-electron chi connectivity index (χ1n) is 12.4. The monoisotopic (exact) mass is 470 g/mol. The Balaban J connectivity index is 1.21. The van der Waals surface area contributed by atoms with Crippen LogP contribution in [-0.4, -0.2) is 53.6 Å². The molecule has 3 saturated carbocycles. The van der Waals surface area contributed by atoms with Crippen molar-refractivity contribution in [2.75, 3.05) is 43.1 Å². The number of ether oxygens (including phenoxy) is 2. The fraction of sp³-hybridized carbons (Fsp3) is 0.615.